The quantitative estimate of drug-likeness (QED) is 0.464. The molecular formula is C11H16N2O4S2. The minimum Gasteiger partial charge on any atom is -0.477 e. The highest BCUT2D eigenvalue weighted by atomic mass is 32.2. The van der Waals surface area contributed by atoms with E-state index in [0.29, 0.717) is 17.2 Å². The monoisotopic (exact) mass is 304 g/mol. The number of aliphatic hydroxyl groups excluding tert-OH is 1. The lowest BCUT2D eigenvalue weighted by Crippen LogP contribution is -2.60. The first-order chi connectivity index (χ1) is 8.99. The zero-order valence-corrected chi connectivity index (χ0v) is 12.0. The average Bonchev–Trinajstić information content (AvgIpc) is 2.64. The van der Waals surface area contributed by atoms with E-state index in [-0.39, 0.29) is 17.0 Å². The number of amides is 1. The van der Waals surface area contributed by atoms with E-state index in [1.165, 1.54) is 16.7 Å². The molecule has 2 rings (SSSR count). The molecule has 2 aliphatic heterocycles. The highest BCUT2D eigenvalue weighted by Crippen LogP contribution is 2.50. The van der Waals surface area contributed by atoms with Crippen LogP contribution in [0.4, 0.5) is 0 Å². The Morgan fingerprint density at radius 3 is 2.84 bits per heavy atom. The second-order valence-electron chi connectivity index (χ2n) is 4.40. The maximum Gasteiger partial charge on any atom is 0.353 e. The molecule has 0 spiro atoms. The van der Waals surface area contributed by atoms with Crippen molar-refractivity contribution < 1.29 is 19.8 Å². The Bertz CT molecular complexity index is 438. The van der Waals surface area contributed by atoms with Crippen LogP contribution in [0.3, 0.4) is 0 Å². The predicted octanol–water partition coefficient (Wildman–Crippen LogP) is -0.113. The summed E-state index contributed by atoms with van der Waals surface area (Å²) in [5.74, 6) is -0.609. The van der Waals surface area contributed by atoms with Crippen molar-refractivity contribution in [3.05, 3.63) is 10.6 Å². The molecule has 2 aliphatic rings. The van der Waals surface area contributed by atoms with E-state index in [1.807, 2.05) is 0 Å². The number of β-lactam (4-membered cyclic amide) rings is 1. The van der Waals surface area contributed by atoms with Crippen molar-refractivity contribution >= 4 is 35.4 Å². The third-order valence-corrected chi connectivity index (χ3v) is 5.64. The number of fused-ring (bicyclic) bond motifs is 1. The van der Waals surface area contributed by atoms with Crippen molar-refractivity contribution in [3.63, 3.8) is 0 Å². The second kappa shape index (κ2) is 5.74. The highest BCUT2D eigenvalue weighted by molar-refractivity contribution is 8.06. The molecule has 1 unspecified atom stereocenters. The lowest BCUT2D eigenvalue weighted by Gasteiger charge is -2.43. The van der Waals surface area contributed by atoms with Gasteiger partial charge in [0.15, 0.2) is 0 Å². The number of carboxylic acids is 1. The van der Waals surface area contributed by atoms with Crippen molar-refractivity contribution in [1.29, 1.82) is 0 Å². The summed E-state index contributed by atoms with van der Waals surface area (Å²) < 4.78 is 0. The Labute approximate surface area is 119 Å². The van der Waals surface area contributed by atoms with Crippen molar-refractivity contribution in [2.75, 3.05) is 18.1 Å². The zero-order valence-electron chi connectivity index (χ0n) is 10.4. The molecule has 0 bridgehead atoms. The molecule has 0 radical (unpaired) electrons. The molecule has 0 aromatic carbocycles. The molecule has 1 fully saturated rings. The average molecular weight is 304 g/mol. The maximum absolute atomic E-state index is 11.9. The van der Waals surface area contributed by atoms with E-state index < -0.39 is 18.0 Å². The number of carboxylic acid groups (broad SMARTS) is 1. The van der Waals surface area contributed by atoms with E-state index in [4.69, 9.17) is 5.73 Å². The van der Waals surface area contributed by atoms with E-state index in [0.717, 1.165) is 5.75 Å². The van der Waals surface area contributed by atoms with Gasteiger partial charge in [0.1, 0.15) is 11.1 Å². The lowest BCUT2D eigenvalue weighted by molar-refractivity contribution is -0.156. The van der Waals surface area contributed by atoms with Gasteiger partial charge in [0.25, 0.3) is 0 Å². The number of hydrogen-bond donors (Lipinski definition) is 3. The van der Waals surface area contributed by atoms with Gasteiger partial charge in [0.2, 0.25) is 5.91 Å². The van der Waals surface area contributed by atoms with Gasteiger partial charge in [0.05, 0.1) is 12.0 Å². The molecule has 3 atom stereocenters. The lowest BCUT2D eigenvalue weighted by atomic mass is 9.92. The van der Waals surface area contributed by atoms with Crippen LogP contribution in [0.2, 0.25) is 0 Å². The van der Waals surface area contributed by atoms with Gasteiger partial charge in [-0.1, -0.05) is 0 Å². The minimum atomic E-state index is -1.09. The van der Waals surface area contributed by atoms with Crippen LogP contribution >= 0.6 is 23.5 Å². The third-order valence-electron chi connectivity index (χ3n) is 3.07. The topological polar surface area (TPSA) is 104 Å². The fraction of sp³-hybridized carbons (Fsp3) is 0.636. The van der Waals surface area contributed by atoms with Gasteiger partial charge in [0, 0.05) is 23.0 Å². The molecule has 6 nitrogen and oxygen atoms in total. The fourth-order valence-electron chi connectivity index (χ4n) is 2.20. The van der Waals surface area contributed by atoms with E-state index in [1.54, 1.807) is 18.7 Å². The number of carbonyl (C=O) groups excluding carboxylic acids is 1. The Balaban J connectivity index is 2.14. The molecule has 0 aromatic rings. The SMILES string of the molecule is CC(O)[C@H]1C(=O)N2C(C(=O)O)=C(CSCCN)S[C@H]12. The van der Waals surface area contributed by atoms with Crippen molar-refractivity contribution in [2.24, 2.45) is 11.7 Å². The largest absolute Gasteiger partial charge is 0.477 e. The molecule has 8 heteroatoms. The van der Waals surface area contributed by atoms with Crippen LogP contribution in [0, 0.1) is 5.92 Å². The van der Waals surface area contributed by atoms with Crippen molar-refractivity contribution in [3.8, 4) is 0 Å². The summed E-state index contributed by atoms with van der Waals surface area (Å²) in [5.41, 5.74) is 5.47. The normalized spacial score (nSPS) is 27.3. The summed E-state index contributed by atoms with van der Waals surface area (Å²) in [6.45, 7) is 2.09. The first-order valence-electron chi connectivity index (χ1n) is 5.91. The smallest absolute Gasteiger partial charge is 0.353 e. The molecule has 1 amide bonds. The number of nitrogens with two attached hydrogens (primary N) is 1. The van der Waals surface area contributed by atoms with E-state index in [9.17, 15) is 19.8 Å². The molecular weight excluding hydrogens is 288 g/mol. The molecule has 1 saturated heterocycles. The number of aliphatic hydroxyl groups is 1. The van der Waals surface area contributed by atoms with Gasteiger partial charge < -0.3 is 15.9 Å². The highest BCUT2D eigenvalue weighted by Gasteiger charge is 2.57. The summed E-state index contributed by atoms with van der Waals surface area (Å²) in [6.07, 6.45) is -0.757. The molecule has 2 heterocycles. The number of aliphatic carboxylic acids is 1. The molecule has 0 saturated carbocycles. The number of rotatable bonds is 6. The Morgan fingerprint density at radius 1 is 1.63 bits per heavy atom. The summed E-state index contributed by atoms with van der Waals surface area (Å²) in [7, 11) is 0. The fourth-order valence-corrected chi connectivity index (χ4v) is 4.75. The van der Waals surface area contributed by atoms with Gasteiger partial charge in [-0.05, 0) is 6.92 Å². The second-order valence-corrected chi connectivity index (χ2v) is 6.72. The Morgan fingerprint density at radius 2 is 2.32 bits per heavy atom. The first-order valence-corrected chi connectivity index (χ1v) is 7.94. The van der Waals surface area contributed by atoms with Crippen LogP contribution < -0.4 is 5.73 Å². The number of carbonyl (C=O) groups is 2. The van der Waals surface area contributed by atoms with Gasteiger partial charge in [-0.15, -0.1) is 11.8 Å². The van der Waals surface area contributed by atoms with Crippen LogP contribution in [-0.2, 0) is 9.59 Å². The summed E-state index contributed by atoms with van der Waals surface area (Å²) >= 11 is 2.92. The van der Waals surface area contributed by atoms with Gasteiger partial charge in [-0.2, -0.15) is 11.8 Å². The first kappa shape index (κ1) is 14.7. The van der Waals surface area contributed by atoms with E-state index in [2.05, 4.69) is 0 Å². The summed E-state index contributed by atoms with van der Waals surface area (Å²) in [6, 6.07) is 0. The summed E-state index contributed by atoms with van der Waals surface area (Å²) in [4.78, 5) is 25.2. The Kier molecular flexibility index (Phi) is 4.44. The summed E-state index contributed by atoms with van der Waals surface area (Å²) in [5, 5.41) is 18.5. The van der Waals surface area contributed by atoms with Gasteiger partial charge >= 0.3 is 5.97 Å². The number of thioether (sulfide) groups is 2. The van der Waals surface area contributed by atoms with Crippen LogP contribution in [-0.4, -0.2) is 56.5 Å². The van der Waals surface area contributed by atoms with Crippen LogP contribution in [0.25, 0.3) is 0 Å². The number of hydrogen-bond acceptors (Lipinski definition) is 6. The molecule has 106 valence electrons. The van der Waals surface area contributed by atoms with Crippen LogP contribution in [0.15, 0.2) is 10.6 Å². The van der Waals surface area contributed by atoms with Crippen molar-refractivity contribution in [1.82, 2.24) is 4.90 Å². The predicted molar refractivity (Wildman–Crippen MR) is 74.4 cm³/mol. The van der Waals surface area contributed by atoms with Crippen LogP contribution in [0.5, 0.6) is 0 Å². The minimum absolute atomic E-state index is 0.0708. The van der Waals surface area contributed by atoms with Gasteiger partial charge in [-0.3, -0.25) is 9.69 Å². The van der Waals surface area contributed by atoms with Gasteiger partial charge in [-0.25, -0.2) is 4.79 Å². The number of nitrogens with zero attached hydrogens (tertiary/aromatic N) is 1. The molecule has 19 heavy (non-hydrogen) atoms. The van der Waals surface area contributed by atoms with Crippen LogP contribution in [0.1, 0.15) is 6.92 Å². The van der Waals surface area contributed by atoms with E-state index >= 15 is 0 Å². The Hall–Kier alpha value is -0.700. The standard InChI is InChI=1S/C11H16N2O4S2/c1-5(14)7-9(15)13-8(11(16)17)6(19-10(7)13)4-18-3-2-12/h5,7,10,14H,2-4,12H2,1H3,(H,16,17)/t5?,7-,10+/m0/s1. The molecule has 0 aliphatic carbocycles. The molecule has 0 aromatic heterocycles. The molecule has 4 N–H and O–H groups in total. The van der Waals surface area contributed by atoms with Crippen molar-refractivity contribution in [2.45, 2.75) is 18.4 Å². The third kappa shape index (κ3) is 2.49. The maximum atomic E-state index is 11.9. The zero-order chi connectivity index (χ0) is 14.2.